The maximum Gasteiger partial charge on any atom is 0.340 e. The minimum absolute atomic E-state index is 0.289. The van der Waals surface area contributed by atoms with E-state index >= 15 is 0 Å². The molecular weight excluding hydrogens is 420 g/mol. The predicted molar refractivity (Wildman–Crippen MR) is 122 cm³/mol. The van der Waals surface area contributed by atoms with Gasteiger partial charge in [-0.3, -0.25) is 4.79 Å². The third-order valence-electron chi connectivity index (χ3n) is 5.68. The van der Waals surface area contributed by atoms with Crippen LogP contribution in [0.25, 0.3) is 0 Å². The van der Waals surface area contributed by atoms with Crippen LogP contribution in [-0.4, -0.2) is 40.2 Å². The number of carbonyl (C=O) groups excluding carboxylic acids is 2. The number of pyridine rings is 1. The van der Waals surface area contributed by atoms with E-state index in [0.717, 1.165) is 35.5 Å². The molecule has 8 heteroatoms. The van der Waals surface area contributed by atoms with Crippen LogP contribution in [-0.2, 0) is 9.53 Å². The highest BCUT2D eigenvalue weighted by Gasteiger charge is 2.35. The first-order chi connectivity index (χ1) is 16.1. The fraction of sp³-hybridized carbons (Fsp3) is 0.280. The Kier molecular flexibility index (Phi) is 5.64. The normalized spacial score (nSPS) is 17.5. The van der Waals surface area contributed by atoms with Crippen LogP contribution in [0.4, 0.5) is 5.82 Å². The van der Waals surface area contributed by atoms with Crippen molar-refractivity contribution in [3.63, 3.8) is 0 Å². The predicted octanol–water partition coefficient (Wildman–Crippen LogP) is 4.09. The number of hydrazone groups is 1. The molecule has 1 aliphatic carbocycles. The van der Waals surface area contributed by atoms with E-state index in [2.05, 4.69) is 15.4 Å². The van der Waals surface area contributed by atoms with Gasteiger partial charge < -0.3 is 14.5 Å². The first kappa shape index (κ1) is 20.9. The van der Waals surface area contributed by atoms with E-state index in [1.54, 1.807) is 24.5 Å². The van der Waals surface area contributed by atoms with Crippen LogP contribution < -0.4 is 5.32 Å². The summed E-state index contributed by atoms with van der Waals surface area (Å²) in [6.07, 6.45) is 5.80. The summed E-state index contributed by atoms with van der Waals surface area (Å²) in [5, 5.41) is 9.16. The van der Waals surface area contributed by atoms with Crippen LogP contribution in [0.2, 0.25) is 0 Å². The molecule has 1 N–H and O–H groups in total. The number of hydrogen-bond donors (Lipinski definition) is 1. The van der Waals surface area contributed by atoms with Crippen molar-refractivity contribution in [2.24, 2.45) is 5.10 Å². The summed E-state index contributed by atoms with van der Waals surface area (Å²) in [5.41, 5.74) is 3.15. The van der Waals surface area contributed by atoms with E-state index in [1.165, 1.54) is 11.2 Å². The second kappa shape index (κ2) is 8.90. The molecule has 168 valence electrons. The van der Waals surface area contributed by atoms with E-state index in [4.69, 9.17) is 9.15 Å². The number of benzene rings is 1. The summed E-state index contributed by atoms with van der Waals surface area (Å²) in [6, 6.07) is 15.0. The molecular formula is C25H24N4O4. The van der Waals surface area contributed by atoms with Crippen molar-refractivity contribution < 1.29 is 18.7 Å². The number of esters is 1. The first-order valence-corrected chi connectivity index (χ1v) is 11.0. The number of anilines is 1. The van der Waals surface area contributed by atoms with Gasteiger partial charge in [0.25, 0.3) is 5.91 Å². The van der Waals surface area contributed by atoms with E-state index in [1.807, 2.05) is 37.3 Å². The number of aryl methyl sites for hydroxylation is 1. The second-order valence-electron chi connectivity index (χ2n) is 8.31. The standard InChI is InChI=1S/C25H24N4O4/c1-16-4-6-17(7-5-16)20-13-21(22-3-2-12-32-22)29(28-20)24(30)15-33-25(31)18-8-11-23(26-14-18)27-19-9-10-19/h2-8,11-12,14,19,21H,9-10,13,15H2,1H3,(H,26,27). The van der Waals surface area contributed by atoms with E-state index in [-0.39, 0.29) is 5.56 Å². The average Bonchev–Trinajstić information content (AvgIpc) is 3.29. The molecule has 1 aliphatic heterocycles. The molecule has 33 heavy (non-hydrogen) atoms. The van der Waals surface area contributed by atoms with Crippen molar-refractivity contribution in [2.75, 3.05) is 11.9 Å². The van der Waals surface area contributed by atoms with Gasteiger partial charge in [0.05, 0.1) is 17.5 Å². The van der Waals surface area contributed by atoms with Crippen LogP contribution in [0.15, 0.2) is 70.5 Å². The third kappa shape index (κ3) is 4.79. The first-order valence-electron chi connectivity index (χ1n) is 11.0. The number of ether oxygens (including phenoxy) is 1. The Balaban J connectivity index is 1.26. The van der Waals surface area contributed by atoms with E-state index in [0.29, 0.717) is 18.2 Å². The molecule has 2 aliphatic rings. The Morgan fingerprint density at radius 1 is 1.15 bits per heavy atom. The molecule has 0 radical (unpaired) electrons. The molecule has 0 saturated heterocycles. The van der Waals surface area contributed by atoms with Gasteiger partial charge >= 0.3 is 5.97 Å². The maximum atomic E-state index is 13.0. The summed E-state index contributed by atoms with van der Waals surface area (Å²) in [6.45, 7) is 1.59. The molecule has 5 rings (SSSR count). The molecule has 1 unspecified atom stereocenters. The van der Waals surface area contributed by atoms with Crippen molar-refractivity contribution >= 4 is 23.4 Å². The van der Waals surface area contributed by atoms with E-state index in [9.17, 15) is 9.59 Å². The van der Waals surface area contributed by atoms with Gasteiger partial charge in [0.15, 0.2) is 6.61 Å². The van der Waals surface area contributed by atoms with Gasteiger partial charge in [0.1, 0.15) is 17.6 Å². The number of nitrogens with zero attached hydrogens (tertiary/aromatic N) is 3. The van der Waals surface area contributed by atoms with Crippen molar-refractivity contribution in [1.82, 2.24) is 9.99 Å². The highest BCUT2D eigenvalue weighted by molar-refractivity contribution is 6.03. The average molecular weight is 444 g/mol. The molecule has 1 amide bonds. The summed E-state index contributed by atoms with van der Waals surface area (Å²) in [4.78, 5) is 29.6. The van der Waals surface area contributed by atoms with Gasteiger partial charge in [-0.2, -0.15) is 5.10 Å². The number of nitrogens with one attached hydrogen (secondary N) is 1. The fourth-order valence-corrected chi connectivity index (χ4v) is 3.68. The lowest BCUT2D eigenvalue weighted by molar-refractivity contribution is -0.136. The molecule has 1 aromatic carbocycles. The van der Waals surface area contributed by atoms with E-state index < -0.39 is 24.5 Å². The zero-order chi connectivity index (χ0) is 22.8. The Bertz CT molecular complexity index is 1170. The van der Waals surface area contributed by atoms with Crippen LogP contribution >= 0.6 is 0 Å². The Hall–Kier alpha value is -3.94. The van der Waals surface area contributed by atoms with Crippen LogP contribution in [0.3, 0.4) is 0 Å². The maximum absolute atomic E-state index is 13.0. The summed E-state index contributed by atoms with van der Waals surface area (Å²) < 4.78 is 10.8. The minimum atomic E-state index is -0.606. The molecule has 0 spiro atoms. The lowest BCUT2D eigenvalue weighted by atomic mass is 10.0. The topological polar surface area (TPSA) is 97.0 Å². The zero-order valence-electron chi connectivity index (χ0n) is 18.2. The van der Waals surface area contributed by atoms with Crippen LogP contribution in [0, 0.1) is 6.92 Å². The van der Waals surface area contributed by atoms with Crippen LogP contribution in [0.1, 0.15) is 52.5 Å². The summed E-state index contributed by atoms with van der Waals surface area (Å²) >= 11 is 0. The second-order valence-corrected chi connectivity index (χ2v) is 8.31. The van der Waals surface area contributed by atoms with Crippen molar-refractivity contribution in [1.29, 1.82) is 0 Å². The number of aromatic nitrogens is 1. The Morgan fingerprint density at radius 2 is 1.97 bits per heavy atom. The molecule has 1 saturated carbocycles. The van der Waals surface area contributed by atoms with Gasteiger partial charge in [-0.1, -0.05) is 29.8 Å². The van der Waals surface area contributed by atoms with Gasteiger partial charge in [-0.05, 0) is 49.6 Å². The smallest absolute Gasteiger partial charge is 0.340 e. The third-order valence-corrected chi connectivity index (χ3v) is 5.68. The molecule has 8 nitrogen and oxygen atoms in total. The minimum Gasteiger partial charge on any atom is -0.467 e. The summed E-state index contributed by atoms with van der Waals surface area (Å²) in [7, 11) is 0. The van der Waals surface area contributed by atoms with Gasteiger partial charge in [-0.15, -0.1) is 0 Å². The number of carbonyl (C=O) groups is 2. The van der Waals surface area contributed by atoms with Gasteiger partial charge in [-0.25, -0.2) is 14.8 Å². The van der Waals surface area contributed by atoms with Crippen LogP contribution in [0.5, 0.6) is 0 Å². The molecule has 3 heterocycles. The molecule has 1 atom stereocenters. The highest BCUT2D eigenvalue weighted by Crippen LogP contribution is 2.33. The number of furan rings is 1. The molecule has 0 bridgehead atoms. The van der Waals surface area contributed by atoms with Gasteiger partial charge in [0, 0.05) is 18.7 Å². The molecule has 2 aromatic heterocycles. The zero-order valence-corrected chi connectivity index (χ0v) is 18.2. The van der Waals surface area contributed by atoms with Crippen molar-refractivity contribution in [3.05, 3.63) is 83.4 Å². The largest absolute Gasteiger partial charge is 0.467 e. The molecule has 1 fully saturated rings. The number of hydrogen-bond acceptors (Lipinski definition) is 7. The fourth-order valence-electron chi connectivity index (χ4n) is 3.68. The SMILES string of the molecule is Cc1ccc(C2=NN(C(=O)COC(=O)c3ccc(NC4CC4)nc3)C(c3ccco3)C2)cc1. The molecule has 3 aromatic rings. The monoisotopic (exact) mass is 444 g/mol. The Labute approximate surface area is 191 Å². The summed E-state index contributed by atoms with van der Waals surface area (Å²) in [5.74, 6) is 0.321. The van der Waals surface area contributed by atoms with Crippen molar-refractivity contribution in [3.8, 4) is 0 Å². The highest BCUT2D eigenvalue weighted by atomic mass is 16.5. The van der Waals surface area contributed by atoms with Gasteiger partial charge in [0.2, 0.25) is 0 Å². The Morgan fingerprint density at radius 3 is 2.64 bits per heavy atom. The number of rotatable bonds is 7. The lowest BCUT2D eigenvalue weighted by Gasteiger charge is -2.19. The number of amides is 1. The quantitative estimate of drug-likeness (QED) is 0.551. The van der Waals surface area contributed by atoms with Crippen molar-refractivity contribution in [2.45, 2.75) is 38.3 Å². The lowest BCUT2D eigenvalue weighted by Crippen LogP contribution is -2.31.